The number of aromatic nitrogens is 1. The smallest absolute Gasteiger partial charge is 0.236 e. The minimum Gasteiger partial charge on any atom is -0.338 e. The number of carbonyl (C=O) groups excluding carboxylic acids is 1. The number of carbonyl (C=O) groups is 1. The van der Waals surface area contributed by atoms with E-state index in [0.717, 1.165) is 5.56 Å². The maximum atomic E-state index is 12.2. The maximum Gasteiger partial charge on any atom is 0.236 e. The fraction of sp³-hybridized carbons (Fsp3) is 0.571. The van der Waals surface area contributed by atoms with Crippen molar-refractivity contribution in [1.82, 2.24) is 15.2 Å². The van der Waals surface area contributed by atoms with Crippen molar-refractivity contribution >= 4 is 15.7 Å². The number of sulfone groups is 1. The third kappa shape index (κ3) is 4.50. The minimum atomic E-state index is -2.97. The Hall–Kier alpha value is -1.47. The number of likely N-dealkylation sites (N-methyl/N-ethyl adjacent to an activating group) is 1. The van der Waals surface area contributed by atoms with Crippen molar-refractivity contribution in [2.45, 2.75) is 25.9 Å². The lowest BCUT2D eigenvalue weighted by Crippen LogP contribution is -2.45. The van der Waals surface area contributed by atoms with Gasteiger partial charge >= 0.3 is 0 Å². The molecule has 1 aromatic heterocycles. The molecule has 1 unspecified atom stereocenters. The Kier molecular flexibility index (Phi) is 5.30. The summed E-state index contributed by atoms with van der Waals surface area (Å²) in [7, 11) is -2.97. The van der Waals surface area contributed by atoms with E-state index in [9.17, 15) is 13.2 Å². The Labute approximate surface area is 125 Å². The highest BCUT2D eigenvalue weighted by Gasteiger charge is 2.33. The predicted molar refractivity (Wildman–Crippen MR) is 80.4 cm³/mol. The van der Waals surface area contributed by atoms with Gasteiger partial charge in [-0.05, 0) is 25.0 Å². The third-order valence-corrected chi connectivity index (χ3v) is 5.39. The molecule has 0 saturated carbocycles. The summed E-state index contributed by atoms with van der Waals surface area (Å²) < 4.78 is 23.0. The summed E-state index contributed by atoms with van der Waals surface area (Å²) in [5, 5.41) is 3.08. The quantitative estimate of drug-likeness (QED) is 0.812. The molecule has 7 heteroatoms. The van der Waals surface area contributed by atoms with E-state index in [2.05, 4.69) is 10.3 Å². The fourth-order valence-electron chi connectivity index (χ4n) is 2.58. The standard InChI is InChI=1S/C14H21N3O3S/c1-2-17(13-5-7-21(19,20)11-13)14(18)10-16-9-12-4-3-6-15-8-12/h3-4,6,8,13,16H,2,5,7,9-11H2,1H3. The van der Waals surface area contributed by atoms with Gasteiger partial charge in [-0.1, -0.05) is 6.07 Å². The summed E-state index contributed by atoms with van der Waals surface area (Å²) in [5.74, 6) is 0.225. The van der Waals surface area contributed by atoms with E-state index >= 15 is 0 Å². The molecule has 2 rings (SSSR count). The molecular formula is C14H21N3O3S. The van der Waals surface area contributed by atoms with Crippen LogP contribution in [0.5, 0.6) is 0 Å². The monoisotopic (exact) mass is 311 g/mol. The van der Waals surface area contributed by atoms with Crippen LogP contribution in [0.4, 0.5) is 0 Å². The van der Waals surface area contributed by atoms with Gasteiger partial charge in [-0.2, -0.15) is 0 Å². The minimum absolute atomic E-state index is 0.0523. The van der Waals surface area contributed by atoms with Gasteiger partial charge in [0.25, 0.3) is 0 Å². The normalized spacial score (nSPS) is 20.3. The van der Waals surface area contributed by atoms with Crippen LogP contribution in [0, 0.1) is 0 Å². The van der Waals surface area contributed by atoms with Gasteiger partial charge in [0.15, 0.2) is 9.84 Å². The van der Waals surface area contributed by atoms with Crippen LogP contribution in [0.3, 0.4) is 0 Å². The molecule has 1 fully saturated rings. The van der Waals surface area contributed by atoms with Gasteiger partial charge in [-0.25, -0.2) is 8.42 Å². The van der Waals surface area contributed by atoms with Gasteiger partial charge in [0.2, 0.25) is 5.91 Å². The molecule has 1 aromatic rings. The summed E-state index contributed by atoms with van der Waals surface area (Å²) in [6.45, 7) is 3.19. The van der Waals surface area contributed by atoms with E-state index in [4.69, 9.17) is 0 Å². The highest BCUT2D eigenvalue weighted by atomic mass is 32.2. The second-order valence-electron chi connectivity index (χ2n) is 5.20. The van der Waals surface area contributed by atoms with Crippen LogP contribution in [0.25, 0.3) is 0 Å². The first-order valence-corrected chi connectivity index (χ1v) is 8.93. The topological polar surface area (TPSA) is 79.4 Å². The fourth-order valence-corrected chi connectivity index (χ4v) is 4.31. The van der Waals surface area contributed by atoms with Crippen molar-refractivity contribution < 1.29 is 13.2 Å². The lowest BCUT2D eigenvalue weighted by atomic mass is 10.2. The highest BCUT2D eigenvalue weighted by molar-refractivity contribution is 7.91. The molecule has 1 aliphatic rings. The second kappa shape index (κ2) is 7.00. The molecular weight excluding hydrogens is 290 g/mol. The van der Waals surface area contributed by atoms with Gasteiger partial charge in [-0.3, -0.25) is 9.78 Å². The van der Waals surface area contributed by atoms with E-state index in [0.29, 0.717) is 19.5 Å². The highest BCUT2D eigenvalue weighted by Crippen LogP contribution is 2.17. The molecule has 0 aliphatic carbocycles. The maximum absolute atomic E-state index is 12.2. The average molecular weight is 311 g/mol. The second-order valence-corrected chi connectivity index (χ2v) is 7.43. The average Bonchev–Trinajstić information content (AvgIpc) is 2.81. The summed E-state index contributed by atoms with van der Waals surface area (Å²) >= 11 is 0. The molecule has 0 bridgehead atoms. The zero-order valence-corrected chi connectivity index (χ0v) is 13.0. The van der Waals surface area contributed by atoms with E-state index < -0.39 is 9.84 Å². The zero-order chi connectivity index (χ0) is 15.3. The van der Waals surface area contributed by atoms with Crippen LogP contribution in [0.1, 0.15) is 18.9 Å². The van der Waals surface area contributed by atoms with Crippen molar-refractivity contribution in [3.63, 3.8) is 0 Å². The molecule has 116 valence electrons. The number of rotatable bonds is 6. The molecule has 1 N–H and O–H groups in total. The van der Waals surface area contributed by atoms with Crippen molar-refractivity contribution in [1.29, 1.82) is 0 Å². The Morgan fingerprint density at radius 3 is 2.90 bits per heavy atom. The molecule has 1 aliphatic heterocycles. The van der Waals surface area contributed by atoms with Crippen molar-refractivity contribution in [2.75, 3.05) is 24.6 Å². The molecule has 2 heterocycles. The van der Waals surface area contributed by atoms with Crippen LogP contribution >= 0.6 is 0 Å². The van der Waals surface area contributed by atoms with Crippen LogP contribution in [0.15, 0.2) is 24.5 Å². The molecule has 1 atom stereocenters. The summed E-state index contributed by atoms with van der Waals surface area (Å²) in [6.07, 6.45) is 4.00. The van der Waals surface area contributed by atoms with Crippen LogP contribution in [-0.4, -0.2) is 54.8 Å². The number of amides is 1. The number of pyridine rings is 1. The van der Waals surface area contributed by atoms with E-state index in [-0.39, 0.29) is 30.0 Å². The van der Waals surface area contributed by atoms with E-state index in [1.807, 2.05) is 19.1 Å². The van der Waals surface area contributed by atoms with Crippen molar-refractivity contribution in [3.8, 4) is 0 Å². The van der Waals surface area contributed by atoms with E-state index in [1.165, 1.54) is 0 Å². The van der Waals surface area contributed by atoms with Crippen molar-refractivity contribution in [3.05, 3.63) is 30.1 Å². The van der Waals surface area contributed by atoms with Gasteiger partial charge < -0.3 is 10.2 Å². The summed E-state index contributed by atoms with van der Waals surface area (Å²) in [6, 6.07) is 3.61. The Morgan fingerprint density at radius 1 is 1.52 bits per heavy atom. The number of nitrogens with one attached hydrogen (secondary N) is 1. The SMILES string of the molecule is CCN(C(=O)CNCc1cccnc1)C1CCS(=O)(=O)C1. The van der Waals surface area contributed by atoms with Crippen LogP contribution < -0.4 is 5.32 Å². The Bertz CT molecular complexity index is 574. The summed E-state index contributed by atoms with van der Waals surface area (Å²) in [4.78, 5) is 17.9. The molecule has 21 heavy (non-hydrogen) atoms. The van der Waals surface area contributed by atoms with E-state index in [1.54, 1.807) is 17.3 Å². The van der Waals surface area contributed by atoms with Gasteiger partial charge in [0.1, 0.15) is 0 Å². The summed E-state index contributed by atoms with van der Waals surface area (Å²) in [5.41, 5.74) is 1.01. The van der Waals surface area contributed by atoms with Crippen molar-refractivity contribution in [2.24, 2.45) is 0 Å². The Morgan fingerprint density at radius 2 is 2.33 bits per heavy atom. The number of nitrogens with zero attached hydrogens (tertiary/aromatic N) is 2. The molecule has 1 saturated heterocycles. The zero-order valence-electron chi connectivity index (χ0n) is 12.2. The van der Waals surface area contributed by atoms with Crippen LogP contribution in [0.2, 0.25) is 0 Å². The van der Waals surface area contributed by atoms with Gasteiger partial charge in [-0.15, -0.1) is 0 Å². The lowest BCUT2D eigenvalue weighted by Gasteiger charge is -2.27. The first-order valence-electron chi connectivity index (χ1n) is 7.11. The molecule has 6 nitrogen and oxygen atoms in total. The molecule has 0 radical (unpaired) electrons. The predicted octanol–water partition coefficient (Wildman–Crippen LogP) is 0.207. The first kappa shape index (κ1) is 15.9. The molecule has 0 aromatic carbocycles. The number of hydrogen-bond acceptors (Lipinski definition) is 5. The largest absolute Gasteiger partial charge is 0.338 e. The third-order valence-electron chi connectivity index (χ3n) is 3.64. The first-order chi connectivity index (χ1) is 10.0. The Balaban J connectivity index is 1.83. The molecule has 0 spiro atoms. The number of hydrogen-bond donors (Lipinski definition) is 1. The van der Waals surface area contributed by atoms with Crippen LogP contribution in [-0.2, 0) is 21.2 Å². The van der Waals surface area contributed by atoms with Gasteiger partial charge in [0, 0.05) is 31.5 Å². The van der Waals surface area contributed by atoms with Gasteiger partial charge in [0.05, 0.1) is 18.1 Å². The molecule has 1 amide bonds. The lowest BCUT2D eigenvalue weighted by molar-refractivity contribution is -0.131.